The van der Waals surface area contributed by atoms with Crippen molar-refractivity contribution in [2.75, 3.05) is 18.0 Å². The lowest BCUT2D eigenvalue weighted by molar-refractivity contribution is -0.138. The number of hydrogen-bond donors (Lipinski definition) is 2. The van der Waals surface area contributed by atoms with Crippen molar-refractivity contribution in [2.45, 2.75) is 25.4 Å². The lowest BCUT2D eigenvalue weighted by atomic mass is 9.90. The van der Waals surface area contributed by atoms with Crippen LogP contribution in [0.4, 0.5) is 11.4 Å². The molecular weight excluding hydrogens is 242 g/mol. The van der Waals surface area contributed by atoms with Gasteiger partial charge in [0.1, 0.15) is 5.60 Å². The number of carbonyl (C=O) groups excluding carboxylic acids is 1. The molecule has 1 fully saturated rings. The summed E-state index contributed by atoms with van der Waals surface area (Å²) in [7, 11) is 0. The van der Waals surface area contributed by atoms with Gasteiger partial charge in [-0.15, -0.1) is 0 Å². The number of carbonyl (C=O) groups is 1. The molecular formula is C14H17N3O2. The minimum atomic E-state index is -1.39. The third-order valence-electron chi connectivity index (χ3n) is 3.71. The molecule has 0 radical (unpaired) electrons. The Hall–Kier alpha value is -2.06. The van der Waals surface area contributed by atoms with Gasteiger partial charge in [0.2, 0.25) is 5.91 Å². The first-order chi connectivity index (χ1) is 8.96. The fourth-order valence-corrected chi connectivity index (χ4v) is 2.37. The fraction of sp³-hybridized carbons (Fsp3) is 0.429. The van der Waals surface area contributed by atoms with Gasteiger partial charge in [0.05, 0.1) is 6.57 Å². The monoisotopic (exact) mass is 259 g/mol. The fourth-order valence-electron chi connectivity index (χ4n) is 2.37. The summed E-state index contributed by atoms with van der Waals surface area (Å²) in [6, 6.07) is 5.55. The van der Waals surface area contributed by atoms with Crippen molar-refractivity contribution in [1.29, 1.82) is 0 Å². The number of primary amides is 1. The number of rotatable bonds is 2. The van der Waals surface area contributed by atoms with Crippen LogP contribution in [0, 0.1) is 13.5 Å². The van der Waals surface area contributed by atoms with Gasteiger partial charge >= 0.3 is 0 Å². The molecule has 0 spiro atoms. The highest BCUT2D eigenvalue weighted by Crippen LogP contribution is 2.31. The Balaban J connectivity index is 2.18. The molecule has 100 valence electrons. The molecule has 1 amide bonds. The van der Waals surface area contributed by atoms with Crippen LogP contribution in [0.3, 0.4) is 0 Å². The van der Waals surface area contributed by atoms with Crippen molar-refractivity contribution < 1.29 is 9.90 Å². The zero-order valence-electron chi connectivity index (χ0n) is 10.9. The lowest BCUT2D eigenvalue weighted by Crippen LogP contribution is -2.52. The predicted molar refractivity (Wildman–Crippen MR) is 73.0 cm³/mol. The topological polar surface area (TPSA) is 70.9 Å². The van der Waals surface area contributed by atoms with Crippen LogP contribution in [0.5, 0.6) is 0 Å². The van der Waals surface area contributed by atoms with E-state index in [0.29, 0.717) is 31.6 Å². The Labute approximate surface area is 112 Å². The van der Waals surface area contributed by atoms with E-state index >= 15 is 0 Å². The molecule has 1 aliphatic rings. The van der Waals surface area contributed by atoms with Gasteiger partial charge in [-0.2, -0.15) is 0 Å². The second-order valence-corrected chi connectivity index (χ2v) is 4.97. The SMILES string of the molecule is [C-]#[N+]c1ccc(C)c(N2CCC(O)(C(N)=O)CC2)c1. The van der Waals surface area contributed by atoms with E-state index in [0.717, 1.165) is 11.3 Å². The summed E-state index contributed by atoms with van der Waals surface area (Å²) >= 11 is 0. The van der Waals surface area contributed by atoms with Crippen LogP contribution in [-0.2, 0) is 4.79 Å². The van der Waals surface area contributed by atoms with Crippen LogP contribution < -0.4 is 10.6 Å². The van der Waals surface area contributed by atoms with Crippen LogP contribution in [0.1, 0.15) is 18.4 Å². The molecule has 0 aliphatic carbocycles. The standard InChI is InChI=1S/C14H17N3O2/c1-10-3-4-11(16-2)9-12(10)17-7-5-14(19,6-8-17)13(15)18/h3-4,9,19H,5-8H2,1H3,(H2,15,18). The number of hydrogen-bond acceptors (Lipinski definition) is 3. The molecule has 2 rings (SSSR count). The highest BCUT2D eigenvalue weighted by atomic mass is 16.3. The molecule has 1 aliphatic heterocycles. The first-order valence-electron chi connectivity index (χ1n) is 6.21. The summed E-state index contributed by atoms with van der Waals surface area (Å²) in [6.45, 7) is 10.1. The Bertz CT molecular complexity index is 540. The van der Waals surface area contributed by atoms with Gasteiger partial charge in [-0.1, -0.05) is 12.1 Å². The third kappa shape index (κ3) is 2.54. The molecule has 1 heterocycles. The summed E-state index contributed by atoms with van der Waals surface area (Å²) in [6.07, 6.45) is 0.647. The molecule has 3 N–H and O–H groups in total. The molecule has 1 aromatic rings. The third-order valence-corrected chi connectivity index (χ3v) is 3.71. The number of amides is 1. The summed E-state index contributed by atoms with van der Waals surface area (Å²) in [4.78, 5) is 16.7. The Morgan fingerprint density at radius 3 is 2.63 bits per heavy atom. The van der Waals surface area contributed by atoms with E-state index in [-0.39, 0.29) is 0 Å². The van der Waals surface area contributed by atoms with Crippen molar-refractivity contribution in [3.05, 3.63) is 35.2 Å². The van der Waals surface area contributed by atoms with E-state index in [9.17, 15) is 9.90 Å². The van der Waals surface area contributed by atoms with Crippen molar-refractivity contribution >= 4 is 17.3 Å². The summed E-state index contributed by atoms with van der Waals surface area (Å²) in [5.41, 5.74) is 6.49. The summed E-state index contributed by atoms with van der Waals surface area (Å²) in [5.74, 6) is -0.654. The molecule has 0 atom stereocenters. The second-order valence-electron chi connectivity index (χ2n) is 4.97. The second kappa shape index (κ2) is 4.90. The maximum Gasteiger partial charge on any atom is 0.249 e. The molecule has 0 unspecified atom stereocenters. The molecule has 0 bridgehead atoms. The molecule has 5 heteroatoms. The van der Waals surface area contributed by atoms with Crippen LogP contribution in [0.15, 0.2) is 18.2 Å². The highest BCUT2D eigenvalue weighted by molar-refractivity contribution is 5.83. The van der Waals surface area contributed by atoms with E-state index in [4.69, 9.17) is 12.3 Å². The zero-order valence-corrected chi connectivity index (χ0v) is 10.9. The Morgan fingerprint density at radius 2 is 2.11 bits per heavy atom. The Morgan fingerprint density at radius 1 is 1.47 bits per heavy atom. The zero-order chi connectivity index (χ0) is 14.0. The average molecular weight is 259 g/mol. The quantitative estimate of drug-likeness (QED) is 0.788. The van der Waals surface area contributed by atoms with E-state index in [1.54, 1.807) is 6.07 Å². The molecule has 19 heavy (non-hydrogen) atoms. The van der Waals surface area contributed by atoms with Gasteiger partial charge in [-0.05, 0) is 18.6 Å². The highest BCUT2D eigenvalue weighted by Gasteiger charge is 2.37. The van der Waals surface area contributed by atoms with Gasteiger partial charge in [0.15, 0.2) is 5.69 Å². The number of aryl methyl sites for hydroxylation is 1. The number of nitrogens with two attached hydrogens (primary N) is 1. The number of anilines is 1. The van der Waals surface area contributed by atoms with Gasteiger partial charge in [0, 0.05) is 31.6 Å². The van der Waals surface area contributed by atoms with E-state index in [2.05, 4.69) is 9.74 Å². The van der Waals surface area contributed by atoms with Gasteiger partial charge < -0.3 is 15.7 Å². The van der Waals surface area contributed by atoms with Crippen molar-refractivity contribution in [3.63, 3.8) is 0 Å². The number of benzene rings is 1. The van der Waals surface area contributed by atoms with Gasteiger partial charge in [0.25, 0.3) is 0 Å². The number of piperidine rings is 1. The smallest absolute Gasteiger partial charge is 0.249 e. The number of aliphatic hydroxyl groups is 1. The molecule has 1 saturated heterocycles. The number of nitrogens with zero attached hydrogens (tertiary/aromatic N) is 2. The lowest BCUT2D eigenvalue weighted by Gasteiger charge is -2.38. The first-order valence-corrected chi connectivity index (χ1v) is 6.21. The first kappa shape index (κ1) is 13.4. The minimum absolute atomic E-state index is 0.323. The molecule has 1 aromatic carbocycles. The van der Waals surface area contributed by atoms with E-state index in [1.807, 2.05) is 19.1 Å². The summed E-state index contributed by atoms with van der Waals surface area (Å²) in [5, 5.41) is 10.0. The van der Waals surface area contributed by atoms with E-state index < -0.39 is 11.5 Å². The minimum Gasteiger partial charge on any atom is -0.380 e. The van der Waals surface area contributed by atoms with Crippen LogP contribution in [0.2, 0.25) is 0 Å². The molecule has 5 nitrogen and oxygen atoms in total. The van der Waals surface area contributed by atoms with Crippen LogP contribution in [0.25, 0.3) is 4.85 Å². The van der Waals surface area contributed by atoms with Crippen LogP contribution in [-0.4, -0.2) is 29.7 Å². The van der Waals surface area contributed by atoms with Gasteiger partial charge in [-0.25, -0.2) is 4.85 Å². The Kier molecular flexibility index (Phi) is 3.45. The van der Waals surface area contributed by atoms with Gasteiger partial charge in [-0.3, -0.25) is 4.79 Å². The maximum atomic E-state index is 11.2. The summed E-state index contributed by atoms with van der Waals surface area (Å²) < 4.78 is 0. The van der Waals surface area contributed by atoms with Crippen molar-refractivity contribution in [3.8, 4) is 0 Å². The predicted octanol–water partition coefficient (Wildman–Crippen LogP) is 1.36. The van der Waals surface area contributed by atoms with Crippen molar-refractivity contribution in [1.82, 2.24) is 0 Å². The van der Waals surface area contributed by atoms with Crippen LogP contribution >= 0.6 is 0 Å². The average Bonchev–Trinajstić information content (AvgIpc) is 2.40. The normalized spacial score (nSPS) is 17.8. The largest absolute Gasteiger partial charge is 0.380 e. The molecule has 0 aromatic heterocycles. The maximum absolute atomic E-state index is 11.2. The van der Waals surface area contributed by atoms with Crippen molar-refractivity contribution in [2.24, 2.45) is 5.73 Å². The van der Waals surface area contributed by atoms with E-state index in [1.165, 1.54) is 0 Å². The molecule has 0 saturated carbocycles.